The fourth-order valence-corrected chi connectivity index (χ4v) is 5.18. The molecule has 2 aromatic carbocycles. The van der Waals surface area contributed by atoms with E-state index in [1.165, 1.54) is 12.1 Å². The van der Waals surface area contributed by atoms with E-state index in [0.29, 0.717) is 25.9 Å². The fourth-order valence-electron chi connectivity index (χ4n) is 5.18. The summed E-state index contributed by atoms with van der Waals surface area (Å²) < 4.78 is 40.1. The SMILES string of the molecule is CN[C@@H](C)C(=O)N[C@H](C(=O)N1CCC[C@H]1CCN(CCc1ccccc1)C(=O)c1cccc(C(F)(F)F)c1)C(C)(C)C. The summed E-state index contributed by atoms with van der Waals surface area (Å²) in [5, 5.41) is 5.81. The molecule has 0 aliphatic carbocycles. The third kappa shape index (κ3) is 8.80. The van der Waals surface area contributed by atoms with Gasteiger partial charge in [-0.1, -0.05) is 57.2 Å². The summed E-state index contributed by atoms with van der Waals surface area (Å²) in [6.45, 7) is 8.59. The molecule has 1 aliphatic heterocycles. The standard InChI is InChI=1S/C32H43F3N4O3/c1-22(36-5)28(40)37-27(31(2,3)4)30(42)39-18-10-15-26(39)17-20-38(19-16-23-11-7-6-8-12-23)29(41)24-13-9-14-25(21-24)32(33,34)35/h6-9,11-14,21-22,26-27,36H,10,15-20H2,1-5H3,(H,37,40)/t22-,26-,27+/m0/s1. The Balaban J connectivity index is 1.79. The van der Waals surface area contributed by atoms with Crippen LogP contribution < -0.4 is 10.6 Å². The number of amides is 3. The second kappa shape index (κ2) is 14.2. The van der Waals surface area contributed by atoms with E-state index in [-0.39, 0.29) is 30.0 Å². The number of alkyl halides is 3. The van der Waals surface area contributed by atoms with Crippen LogP contribution in [0, 0.1) is 5.41 Å². The van der Waals surface area contributed by atoms with Crippen molar-refractivity contribution in [3.63, 3.8) is 0 Å². The lowest BCUT2D eigenvalue weighted by Gasteiger charge is -2.37. The normalized spacial score (nSPS) is 17.0. The predicted octanol–water partition coefficient (Wildman–Crippen LogP) is 4.91. The quantitative estimate of drug-likeness (QED) is 0.391. The summed E-state index contributed by atoms with van der Waals surface area (Å²) >= 11 is 0. The number of likely N-dealkylation sites (tertiary alicyclic amines) is 1. The highest BCUT2D eigenvalue weighted by Gasteiger charge is 2.40. The van der Waals surface area contributed by atoms with Crippen molar-refractivity contribution in [1.82, 2.24) is 20.4 Å². The van der Waals surface area contributed by atoms with Gasteiger partial charge in [-0.15, -0.1) is 0 Å². The number of benzene rings is 2. The summed E-state index contributed by atoms with van der Waals surface area (Å²) in [6, 6.07) is 12.7. The molecule has 1 aliphatic rings. The van der Waals surface area contributed by atoms with Gasteiger partial charge in [-0.05, 0) is 68.8 Å². The lowest BCUT2D eigenvalue weighted by molar-refractivity contribution is -0.140. The number of rotatable bonds is 11. The summed E-state index contributed by atoms with van der Waals surface area (Å²) in [7, 11) is 1.68. The number of halogens is 3. The van der Waals surface area contributed by atoms with Gasteiger partial charge < -0.3 is 20.4 Å². The highest BCUT2D eigenvalue weighted by molar-refractivity contribution is 5.94. The topological polar surface area (TPSA) is 81.8 Å². The molecule has 0 saturated carbocycles. The van der Waals surface area contributed by atoms with Gasteiger partial charge in [0, 0.05) is 31.2 Å². The largest absolute Gasteiger partial charge is 0.416 e. The van der Waals surface area contributed by atoms with Gasteiger partial charge in [-0.3, -0.25) is 14.4 Å². The highest BCUT2D eigenvalue weighted by Crippen LogP contribution is 2.30. The minimum absolute atomic E-state index is 0.0218. The van der Waals surface area contributed by atoms with Crippen molar-refractivity contribution in [1.29, 1.82) is 0 Å². The van der Waals surface area contributed by atoms with Crippen LogP contribution in [0.4, 0.5) is 13.2 Å². The number of carbonyl (C=O) groups is 3. The van der Waals surface area contributed by atoms with E-state index in [2.05, 4.69) is 10.6 Å². The Morgan fingerprint density at radius 3 is 2.33 bits per heavy atom. The molecule has 0 unspecified atom stereocenters. The third-order valence-corrected chi connectivity index (χ3v) is 7.86. The van der Waals surface area contributed by atoms with E-state index in [1.807, 2.05) is 51.1 Å². The van der Waals surface area contributed by atoms with Crippen LogP contribution in [0.1, 0.15) is 68.4 Å². The van der Waals surface area contributed by atoms with E-state index >= 15 is 0 Å². The molecule has 3 rings (SSSR count). The fraction of sp³-hybridized carbons (Fsp3) is 0.531. The van der Waals surface area contributed by atoms with Gasteiger partial charge in [-0.2, -0.15) is 13.2 Å². The van der Waals surface area contributed by atoms with Crippen LogP contribution in [-0.2, 0) is 22.2 Å². The van der Waals surface area contributed by atoms with Crippen molar-refractivity contribution >= 4 is 17.7 Å². The van der Waals surface area contributed by atoms with Gasteiger partial charge in [0.1, 0.15) is 6.04 Å². The summed E-state index contributed by atoms with van der Waals surface area (Å²) in [4.78, 5) is 43.4. The van der Waals surface area contributed by atoms with E-state index in [1.54, 1.807) is 23.8 Å². The molecule has 3 amide bonds. The van der Waals surface area contributed by atoms with Crippen molar-refractivity contribution < 1.29 is 27.6 Å². The van der Waals surface area contributed by atoms with Gasteiger partial charge >= 0.3 is 6.18 Å². The van der Waals surface area contributed by atoms with Crippen LogP contribution in [0.3, 0.4) is 0 Å². The maximum Gasteiger partial charge on any atom is 0.416 e. The number of nitrogens with zero attached hydrogens (tertiary/aromatic N) is 2. The number of hydrogen-bond acceptors (Lipinski definition) is 4. The zero-order valence-corrected chi connectivity index (χ0v) is 25.1. The molecule has 1 heterocycles. The molecule has 0 bridgehead atoms. The molecular weight excluding hydrogens is 545 g/mol. The average molecular weight is 589 g/mol. The van der Waals surface area contributed by atoms with Crippen LogP contribution in [0.2, 0.25) is 0 Å². The molecule has 230 valence electrons. The third-order valence-electron chi connectivity index (χ3n) is 7.86. The van der Waals surface area contributed by atoms with Crippen molar-refractivity contribution in [3.8, 4) is 0 Å². The number of carbonyl (C=O) groups excluding carboxylic acids is 3. The minimum Gasteiger partial charge on any atom is -0.342 e. The average Bonchev–Trinajstić information content (AvgIpc) is 3.43. The van der Waals surface area contributed by atoms with E-state index in [9.17, 15) is 27.6 Å². The molecule has 1 fully saturated rings. The number of hydrogen-bond donors (Lipinski definition) is 2. The first kappa shape index (κ1) is 33.1. The van der Waals surface area contributed by atoms with E-state index in [0.717, 1.165) is 30.5 Å². The first-order chi connectivity index (χ1) is 19.7. The zero-order valence-electron chi connectivity index (χ0n) is 25.1. The molecule has 10 heteroatoms. The van der Waals surface area contributed by atoms with E-state index in [4.69, 9.17) is 0 Å². The second-order valence-electron chi connectivity index (χ2n) is 12.0. The lowest BCUT2D eigenvalue weighted by atomic mass is 9.85. The molecule has 42 heavy (non-hydrogen) atoms. The van der Waals surface area contributed by atoms with Crippen LogP contribution >= 0.6 is 0 Å². The summed E-state index contributed by atoms with van der Waals surface area (Å²) in [5.41, 5.74) is -0.413. The Kier molecular flexibility index (Phi) is 11.2. The number of nitrogens with one attached hydrogen (secondary N) is 2. The van der Waals surface area contributed by atoms with Crippen LogP contribution in [0.5, 0.6) is 0 Å². The summed E-state index contributed by atoms with van der Waals surface area (Å²) in [6.07, 6.45) is -2.00. The molecule has 3 atom stereocenters. The highest BCUT2D eigenvalue weighted by atomic mass is 19.4. The first-order valence-electron chi connectivity index (χ1n) is 14.5. The predicted molar refractivity (Wildman–Crippen MR) is 157 cm³/mol. The second-order valence-corrected chi connectivity index (χ2v) is 12.0. The molecule has 2 aromatic rings. The molecule has 7 nitrogen and oxygen atoms in total. The molecule has 1 saturated heterocycles. The maximum atomic E-state index is 13.8. The van der Waals surface area contributed by atoms with Gasteiger partial charge in [0.15, 0.2) is 0 Å². The van der Waals surface area contributed by atoms with Crippen molar-refractivity contribution in [3.05, 3.63) is 71.3 Å². The summed E-state index contributed by atoms with van der Waals surface area (Å²) in [5.74, 6) is -0.907. The van der Waals surface area contributed by atoms with Crippen molar-refractivity contribution in [2.24, 2.45) is 5.41 Å². The molecule has 2 N–H and O–H groups in total. The van der Waals surface area contributed by atoms with Crippen LogP contribution in [0.15, 0.2) is 54.6 Å². The molecule has 0 radical (unpaired) electrons. The van der Waals surface area contributed by atoms with E-state index < -0.39 is 35.1 Å². The van der Waals surface area contributed by atoms with Crippen molar-refractivity contribution in [2.45, 2.75) is 77.7 Å². The van der Waals surface area contributed by atoms with Gasteiger partial charge in [0.25, 0.3) is 5.91 Å². The Bertz CT molecular complexity index is 1210. The van der Waals surface area contributed by atoms with Gasteiger partial charge in [0.2, 0.25) is 11.8 Å². The smallest absolute Gasteiger partial charge is 0.342 e. The maximum absolute atomic E-state index is 13.8. The Morgan fingerprint density at radius 2 is 1.71 bits per heavy atom. The van der Waals surface area contributed by atoms with Crippen LogP contribution in [0.25, 0.3) is 0 Å². The minimum atomic E-state index is -4.56. The molecule has 0 aromatic heterocycles. The molecular formula is C32H43F3N4O3. The van der Waals surface area contributed by atoms with Crippen molar-refractivity contribution in [2.75, 3.05) is 26.7 Å². The Morgan fingerprint density at radius 1 is 1.02 bits per heavy atom. The lowest BCUT2D eigenvalue weighted by Crippen LogP contribution is -2.58. The molecule has 0 spiro atoms. The van der Waals surface area contributed by atoms with Crippen LogP contribution in [-0.4, -0.2) is 72.3 Å². The van der Waals surface area contributed by atoms with Gasteiger partial charge in [-0.25, -0.2) is 0 Å². The first-order valence-corrected chi connectivity index (χ1v) is 14.5. The Labute approximate surface area is 246 Å². The van der Waals surface area contributed by atoms with Gasteiger partial charge in [0.05, 0.1) is 11.6 Å². The number of likely N-dealkylation sites (N-methyl/N-ethyl adjacent to an activating group) is 1. The Hall–Kier alpha value is -3.40. The monoisotopic (exact) mass is 588 g/mol. The zero-order chi connectivity index (χ0) is 31.1.